The lowest BCUT2D eigenvalue weighted by Crippen LogP contribution is -2.47. The van der Waals surface area contributed by atoms with Crippen molar-refractivity contribution in [2.24, 2.45) is 0 Å². The number of nitrogens with zero attached hydrogens (tertiary/aromatic N) is 1. The Kier molecular flexibility index (Phi) is 5.38. The number of likely N-dealkylation sites (tertiary alicyclic amines) is 1. The molecule has 1 heterocycles. The number of hydrogen-bond donors (Lipinski definition) is 2. The highest BCUT2D eigenvalue weighted by Crippen LogP contribution is 2.22. The SMILES string of the molecule is O=C(NC1CCCN(Cc2ccccc2)C1)c1cc(Cl)ccc1O. The maximum Gasteiger partial charge on any atom is 0.255 e. The van der Waals surface area contributed by atoms with Gasteiger partial charge in [0.25, 0.3) is 5.91 Å². The molecule has 0 aliphatic carbocycles. The molecule has 1 saturated heterocycles. The van der Waals surface area contributed by atoms with Gasteiger partial charge in [-0.25, -0.2) is 0 Å². The lowest BCUT2D eigenvalue weighted by molar-refractivity contribution is 0.0898. The zero-order valence-corrected chi connectivity index (χ0v) is 14.2. The molecular formula is C19H21ClN2O2. The van der Waals surface area contributed by atoms with Crippen molar-refractivity contribution in [1.82, 2.24) is 10.2 Å². The molecule has 1 atom stereocenters. The lowest BCUT2D eigenvalue weighted by Gasteiger charge is -2.33. The predicted octanol–water partition coefficient (Wildman–Crippen LogP) is 3.44. The highest BCUT2D eigenvalue weighted by Gasteiger charge is 2.23. The van der Waals surface area contributed by atoms with Gasteiger partial charge in [-0.3, -0.25) is 9.69 Å². The van der Waals surface area contributed by atoms with Crippen molar-refractivity contribution >= 4 is 17.5 Å². The molecule has 1 aliphatic rings. The smallest absolute Gasteiger partial charge is 0.255 e. The monoisotopic (exact) mass is 344 g/mol. The fourth-order valence-electron chi connectivity index (χ4n) is 3.11. The van der Waals surface area contributed by atoms with Crippen LogP contribution in [0.15, 0.2) is 48.5 Å². The topological polar surface area (TPSA) is 52.6 Å². The molecule has 1 aliphatic heterocycles. The molecule has 3 rings (SSSR count). The number of hydrogen-bond acceptors (Lipinski definition) is 3. The van der Waals surface area contributed by atoms with Gasteiger partial charge in [-0.15, -0.1) is 0 Å². The third-order valence-electron chi connectivity index (χ3n) is 4.29. The first-order valence-corrected chi connectivity index (χ1v) is 8.55. The highest BCUT2D eigenvalue weighted by molar-refractivity contribution is 6.31. The number of halogens is 1. The standard InChI is InChI=1S/C19H21ClN2O2/c20-15-8-9-18(23)17(11-15)19(24)21-16-7-4-10-22(13-16)12-14-5-2-1-3-6-14/h1-3,5-6,8-9,11,16,23H,4,7,10,12-13H2,(H,21,24). The summed E-state index contributed by atoms with van der Waals surface area (Å²) in [6.45, 7) is 2.72. The van der Waals surface area contributed by atoms with Crippen molar-refractivity contribution in [3.05, 3.63) is 64.7 Å². The summed E-state index contributed by atoms with van der Waals surface area (Å²) in [5.74, 6) is -0.324. The van der Waals surface area contributed by atoms with E-state index in [2.05, 4.69) is 22.3 Å². The van der Waals surface area contributed by atoms with E-state index in [0.29, 0.717) is 5.02 Å². The van der Waals surface area contributed by atoms with Gasteiger partial charge in [-0.2, -0.15) is 0 Å². The molecule has 0 spiro atoms. The maximum absolute atomic E-state index is 12.4. The molecule has 126 valence electrons. The number of phenols is 1. The Bertz CT molecular complexity index is 706. The molecule has 0 saturated carbocycles. The van der Waals surface area contributed by atoms with Crippen LogP contribution in [-0.4, -0.2) is 35.0 Å². The van der Waals surface area contributed by atoms with E-state index in [1.807, 2.05) is 18.2 Å². The molecule has 1 fully saturated rings. The minimum atomic E-state index is -0.276. The molecule has 0 bridgehead atoms. The number of nitrogens with one attached hydrogen (secondary N) is 1. The van der Waals surface area contributed by atoms with Crippen LogP contribution in [0.5, 0.6) is 5.75 Å². The second-order valence-electron chi connectivity index (χ2n) is 6.19. The van der Waals surface area contributed by atoms with Gasteiger partial charge >= 0.3 is 0 Å². The Balaban J connectivity index is 1.61. The molecule has 4 nitrogen and oxygen atoms in total. The summed E-state index contributed by atoms with van der Waals surface area (Å²) < 4.78 is 0. The van der Waals surface area contributed by atoms with Gasteiger partial charge < -0.3 is 10.4 Å². The van der Waals surface area contributed by atoms with Gasteiger partial charge in [0.15, 0.2) is 0 Å². The fourth-order valence-corrected chi connectivity index (χ4v) is 3.28. The van der Waals surface area contributed by atoms with Crippen LogP contribution in [0.25, 0.3) is 0 Å². The van der Waals surface area contributed by atoms with E-state index < -0.39 is 0 Å². The molecule has 2 aromatic carbocycles. The Morgan fingerprint density at radius 2 is 2.04 bits per heavy atom. The molecule has 24 heavy (non-hydrogen) atoms. The van der Waals surface area contributed by atoms with Crippen LogP contribution < -0.4 is 5.32 Å². The number of amides is 1. The highest BCUT2D eigenvalue weighted by atomic mass is 35.5. The summed E-state index contributed by atoms with van der Waals surface area (Å²) in [6.07, 6.45) is 1.98. The van der Waals surface area contributed by atoms with Crippen molar-refractivity contribution in [1.29, 1.82) is 0 Å². The van der Waals surface area contributed by atoms with E-state index in [1.165, 1.54) is 17.7 Å². The van der Waals surface area contributed by atoms with Gasteiger partial charge in [-0.1, -0.05) is 41.9 Å². The molecule has 1 unspecified atom stereocenters. The van der Waals surface area contributed by atoms with Crippen molar-refractivity contribution in [3.63, 3.8) is 0 Å². The summed E-state index contributed by atoms with van der Waals surface area (Å²) in [5.41, 5.74) is 1.50. The van der Waals surface area contributed by atoms with Gasteiger partial charge in [0.2, 0.25) is 0 Å². The van der Waals surface area contributed by atoms with Crippen LogP contribution in [0.3, 0.4) is 0 Å². The largest absolute Gasteiger partial charge is 0.507 e. The predicted molar refractivity (Wildman–Crippen MR) is 95.3 cm³/mol. The minimum absolute atomic E-state index is 0.0474. The number of benzene rings is 2. The maximum atomic E-state index is 12.4. The van der Waals surface area contributed by atoms with E-state index in [0.717, 1.165) is 32.5 Å². The molecule has 2 N–H and O–H groups in total. The number of carbonyl (C=O) groups is 1. The number of carbonyl (C=O) groups excluding carboxylic acids is 1. The first-order chi connectivity index (χ1) is 11.6. The van der Waals surface area contributed by atoms with Crippen molar-refractivity contribution < 1.29 is 9.90 Å². The quantitative estimate of drug-likeness (QED) is 0.893. The average Bonchev–Trinajstić information content (AvgIpc) is 2.58. The summed E-state index contributed by atoms with van der Waals surface area (Å²) in [7, 11) is 0. The number of aromatic hydroxyl groups is 1. The van der Waals surface area contributed by atoms with Gasteiger partial charge in [0.05, 0.1) is 5.56 Å². The summed E-state index contributed by atoms with van der Waals surface area (Å²) in [5, 5.41) is 13.3. The van der Waals surface area contributed by atoms with Gasteiger partial charge in [0, 0.05) is 24.2 Å². The molecule has 2 aromatic rings. The summed E-state index contributed by atoms with van der Waals surface area (Å²) in [6, 6.07) is 14.9. The van der Waals surface area contributed by atoms with E-state index in [1.54, 1.807) is 6.07 Å². The Morgan fingerprint density at radius 3 is 2.83 bits per heavy atom. The molecule has 5 heteroatoms. The van der Waals surface area contributed by atoms with Crippen LogP contribution in [-0.2, 0) is 6.54 Å². The van der Waals surface area contributed by atoms with Gasteiger partial charge in [-0.05, 0) is 43.1 Å². The Labute approximate surface area is 147 Å². The normalized spacial score (nSPS) is 18.3. The van der Waals surface area contributed by atoms with Gasteiger partial charge in [0.1, 0.15) is 5.75 Å². The van der Waals surface area contributed by atoms with E-state index >= 15 is 0 Å². The third kappa shape index (κ3) is 4.28. The van der Waals surface area contributed by atoms with E-state index in [9.17, 15) is 9.90 Å². The molecule has 0 aromatic heterocycles. The Morgan fingerprint density at radius 1 is 1.25 bits per heavy atom. The summed E-state index contributed by atoms with van der Waals surface area (Å²) >= 11 is 5.92. The van der Waals surface area contributed by atoms with Crippen LogP contribution >= 0.6 is 11.6 Å². The first kappa shape index (κ1) is 16.8. The minimum Gasteiger partial charge on any atom is -0.507 e. The molecule has 0 radical (unpaired) electrons. The number of phenolic OH excluding ortho intramolecular Hbond substituents is 1. The average molecular weight is 345 g/mol. The van der Waals surface area contributed by atoms with Crippen LogP contribution in [0.4, 0.5) is 0 Å². The van der Waals surface area contributed by atoms with E-state index in [-0.39, 0.29) is 23.3 Å². The van der Waals surface area contributed by atoms with Crippen molar-refractivity contribution in [2.45, 2.75) is 25.4 Å². The van der Waals surface area contributed by atoms with Crippen LogP contribution in [0, 0.1) is 0 Å². The fraction of sp³-hybridized carbons (Fsp3) is 0.316. The molecular weight excluding hydrogens is 324 g/mol. The molecule has 1 amide bonds. The zero-order chi connectivity index (χ0) is 16.9. The number of rotatable bonds is 4. The summed E-state index contributed by atoms with van der Waals surface area (Å²) in [4.78, 5) is 14.8. The van der Waals surface area contributed by atoms with Crippen molar-refractivity contribution in [3.8, 4) is 5.75 Å². The van der Waals surface area contributed by atoms with Crippen LogP contribution in [0.1, 0.15) is 28.8 Å². The third-order valence-corrected chi connectivity index (χ3v) is 4.53. The number of piperidine rings is 1. The Hall–Kier alpha value is -2.04. The lowest BCUT2D eigenvalue weighted by atomic mass is 10.0. The zero-order valence-electron chi connectivity index (χ0n) is 13.4. The first-order valence-electron chi connectivity index (χ1n) is 8.17. The van der Waals surface area contributed by atoms with Crippen LogP contribution in [0.2, 0.25) is 5.02 Å². The van der Waals surface area contributed by atoms with Crippen molar-refractivity contribution in [2.75, 3.05) is 13.1 Å². The van der Waals surface area contributed by atoms with E-state index in [4.69, 9.17) is 11.6 Å². The second kappa shape index (κ2) is 7.69. The second-order valence-corrected chi connectivity index (χ2v) is 6.63.